The molecule has 0 radical (unpaired) electrons. The van der Waals surface area contributed by atoms with Crippen molar-refractivity contribution < 1.29 is 4.79 Å². The van der Waals surface area contributed by atoms with E-state index in [1.165, 1.54) is 4.68 Å². The number of aromatic nitrogens is 2. The van der Waals surface area contributed by atoms with Gasteiger partial charge in [-0.15, -0.1) is 0 Å². The average Bonchev–Trinajstić information content (AvgIpc) is 3.23. The molecule has 1 aliphatic carbocycles. The highest BCUT2D eigenvalue weighted by atomic mass is 79.9. The van der Waals surface area contributed by atoms with Gasteiger partial charge < -0.3 is 10.6 Å². The van der Waals surface area contributed by atoms with Crippen LogP contribution in [0.3, 0.4) is 0 Å². The van der Waals surface area contributed by atoms with Gasteiger partial charge in [-0.3, -0.25) is 9.59 Å². The van der Waals surface area contributed by atoms with E-state index in [4.69, 9.17) is 0 Å². The molecular formula is C12H17BrN4O2. The highest BCUT2D eigenvalue weighted by molar-refractivity contribution is 9.10. The lowest BCUT2D eigenvalue weighted by Gasteiger charge is -2.10. The second-order valence-corrected chi connectivity index (χ2v) is 5.28. The number of hydrogen-bond acceptors (Lipinski definition) is 4. The van der Waals surface area contributed by atoms with E-state index in [1.807, 2.05) is 6.92 Å². The van der Waals surface area contributed by atoms with E-state index in [0.717, 1.165) is 12.8 Å². The molecule has 104 valence electrons. The van der Waals surface area contributed by atoms with Crippen LogP contribution in [0.15, 0.2) is 15.5 Å². The molecule has 0 unspecified atom stereocenters. The van der Waals surface area contributed by atoms with E-state index in [1.54, 1.807) is 6.20 Å². The summed E-state index contributed by atoms with van der Waals surface area (Å²) < 4.78 is 1.85. The molecule has 1 fully saturated rings. The lowest BCUT2D eigenvalue weighted by Crippen LogP contribution is -2.30. The van der Waals surface area contributed by atoms with E-state index in [-0.39, 0.29) is 17.4 Å². The first-order valence-electron chi connectivity index (χ1n) is 6.40. The fourth-order valence-corrected chi connectivity index (χ4v) is 2.13. The predicted octanol–water partition coefficient (Wildman–Crippen LogP) is 0.964. The predicted molar refractivity (Wildman–Crippen MR) is 76.1 cm³/mol. The van der Waals surface area contributed by atoms with Crippen LogP contribution in [0.2, 0.25) is 0 Å². The number of carbonyl (C=O) groups excluding carboxylic acids is 1. The number of anilines is 1. The first-order chi connectivity index (χ1) is 9.13. The second-order valence-electron chi connectivity index (χ2n) is 4.49. The fourth-order valence-electron chi connectivity index (χ4n) is 1.69. The highest BCUT2D eigenvalue weighted by Gasteiger charge is 2.28. The number of rotatable bonds is 6. The molecule has 0 atom stereocenters. The lowest BCUT2D eigenvalue weighted by atomic mass is 10.4. The molecular weight excluding hydrogens is 312 g/mol. The number of nitrogens with one attached hydrogen (secondary N) is 2. The van der Waals surface area contributed by atoms with E-state index < -0.39 is 0 Å². The van der Waals surface area contributed by atoms with Crippen LogP contribution in [0.1, 0.15) is 19.8 Å². The molecule has 0 aliphatic heterocycles. The van der Waals surface area contributed by atoms with Crippen LogP contribution in [0.25, 0.3) is 0 Å². The van der Waals surface area contributed by atoms with Crippen molar-refractivity contribution in [1.82, 2.24) is 15.1 Å². The third kappa shape index (κ3) is 3.56. The van der Waals surface area contributed by atoms with Gasteiger partial charge in [-0.2, -0.15) is 5.10 Å². The molecule has 0 aromatic carbocycles. The molecule has 1 aliphatic rings. The molecule has 7 heteroatoms. The molecule has 0 bridgehead atoms. The Morgan fingerprint density at radius 1 is 1.53 bits per heavy atom. The van der Waals surface area contributed by atoms with Crippen molar-refractivity contribution >= 4 is 27.5 Å². The minimum atomic E-state index is -0.158. The summed E-state index contributed by atoms with van der Waals surface area (Å²) in [5, 5.41) is 9.97. The molecule has 0 spiro atoms. The van der Waals surface area contributed by atoms with E-state index in [9.17, 15) is 9.59 Å². The van der Waals surface area contributed by atoms with Gasteiger partial charge in [0, 0.05) is 25.6 Å². The monoisotopic (exact) mass is 328 g/mol. The van der Waals surface area contributed by atoms with Crippen LogP contribution in [-0.4, -0.2) is 28.8 Å². The molecule has 2 rings (SSSR count). The van der Waals surface area contributed by atoms with Crippen molar-refractivity contribution in [3.05, 3.63) is 21.0 Å². The van der Waals surface area contributed by atoms with Gasteiger partial charge in [0.05, 0.1) is 11.9 Å². The summed E-state index contributed by atoms with van der Waals surface area (Å²) in [7, 11) is 0. The summed E-state index contributed by atoms with van der Waals surface area (Å²) in [6, 6.07) is 0. The Labute approximate surface area is 119 Å². The smallest absolute Gasteiger partial charge is 0.283 e. The normalized spacial score (nSPS) is 14.2. The van der Waals surface area contributed by atoms with Crippen molar-refractivity contribution in [2.45, 2.75) is 26.3 Å². The topological polar surface area (TPSA) is 76.0 Å². The van der Waals surface area contributed by atoms with Gasteiger partial charge in [0.25, 0.3) is 5.56 Å². The standard InChI is InChI=1S/C12H17BrN4O2/c1-2-17-12(19)10(13)9(7-16-17)14-5-6-15-11(18)8-3-4-8/h7-8,14H,2-6H2,1H3,(H,15,18). The Balaban J connectivity index is 1.84. The number of hydrogen-bond donors (Lipinski definition) is 2. The number of amides is 1. The third-order valence-electron chi connectivity index (χ3n) is 2.97. The zero-order valence-corrected chi connectivity index (χ0v) is 12.4. The first kappa shape index (κ1) is 14.0. The van der Waals surface area contributed by atoms with Crippen molar-refractivity contribution in [3.63, 3.8) is 0 Å². The van der Waals surface area contributed by atoms with Crippen molar-refractivity contribution in [2.24, 2.45) is 5.92 Å². The summed E-state index contributed by atoms with van der Waals surface area (Å²) in [5.74, 6) is 0.349. The van der Waals surface area contributed by atoms with Crippen molar-refractivity contribution in [2.75, 3.05) is 18.4 Å². The van der Waals surface area contributed by atoms with Crippen LogP contribution in [0, 0.1) is 5.92 Å². The second kappa shape index (κ2) is 6.18. The van der Waals surface area contributed by atoms with E-state index >= 15 is 0 Å². The molecule has 1 amide bonds. The van der Waals surface area contributed by atoms with Gasteiger partial charge >= 0.3 is 0 Å². The van der Waals surface area contributed by atoms with Gasteiger partial charge in [0.1, 0.15) is 4.47 Å². The Morgan fingerprint density at radius 2 is 2.26 bits per heavy atom. The molecule has 1 aromatic heterocycles. The van der Waals surface area contributed by atoms with Gasteiger partial charge in [-0.25, -0.2) is 4.68 Å². The minimum Gasteiger partial charge on any atom is -0.381 e. The maximum absolute atomic E-state index is 11.8. The molecule has 0 saturated heterocycles. The zero-order valence-electron chi connectivity index (χ0n) is 10.8. The van der Waals surface area contributed by atoms with Crippen LogP contribution in [0.4, 0.5) is 5.69 Å². The van der Waals surface area contributed by atoms with E-state index in [0.29, 0.717) is 29.8 Å². The highest BCUT2D eigenvalue weighted by Crippen LogP contribution is 2.28. The Kier molecular flexibility index (Phi) is 4.57. The Hall–Kier alpha value is -1.37. The minimum absolute atomic E-state index is 0.125. The largest absolute Gasteiger partial charge is 0.381 e. The zero-order chi connectivity index (χ0) is 13.8. The molecule has 1 aromatic rings. The number of carbonyl (C=O) groups is 1. The summed E-state index contributed by atoms with van der Waals surface area (Å²) >= 11 is 3.26. The average molecular weight is 329 g/mol. The van der Waals surface area contributed by atoms with Gasteiger partial charge in [-0.05, 0) is 35.7 Å². The molecule has 6 nitrogen and oxygen atoms in total. The van der Waals surface area contributed by atoms with Crippen LogP contribution in [-0.2, 0) is 11.3 Å². The van der Waals surface area contributed by atoms with Crippen molar-refractivity contribution in [3.8, 4) is 0 Å². The maximum Gasteiger partial charge on any atom is 0.283 e. The first-order valence-corrected chi connectivity index (χ1v) is 7.20. The SMILES string of the molecule is CCn1ncc(NCCNC(=O)C2CC2)c(Br)c1=O. The fraction of sp³-hybridized carbons (Fsp3) is 0.583. The van der Waals surface area contributed by atoms with E-state index in [2.05, 4.69) is 31.7 Å². The van der Waals surface area contributed by atoms with Gasteiger partial charge in [0.2, 0.25) is 5.91 Å². The summed E-state index contributed by atoms with van der Waals surface area (Å²) in [4.78, 5) is 23.2. The molecule has 2 N–H and O–H groups in total. The van der Waals surface area contributed by atoms with Crippen LogP contribution < -0.4 is 16.2 Å². The van der Waals surface area contributed by atoms with Gasteiger partial charge in [0.15, 0.2) is 0 Å². The number of aryl methyl sites for hydroxylation is 1. The summed E-state index contributed by atoms with van der Waals surface area (Å²) in [6.45, 7) is 3.50. The Morgan fingerprint density at radius 3 is 2.89 bits per heavy atom. The third-order valence-corrected chi connectivity index (χ3v) is 3.74. The number of nitrogens with zero attached hydrogens (tertiary/aromatic N) is 2. The van der Waals surface area contributed by atoms with Crippen LogP contribution >= 0.6 is 15.9 Å². The summed E-state index contributed by atoms with van der Waals surface area (Å²) in [5.41, 5.74) is 0.491. The summed E-state index contributed by atoms with van der Waals surface area (Å²) in [6.07, 6.45) is 3.62. The lowest BCUT2D eigenvalue weighted by molar-refractivity contribution is -0.122. The quantitative estimate of drug-likeness (QED) is 0.763. The van der Waals surface area contributed by atoms with Crippen LogP contribution in [0.5, 0.6) is 0 Å². The molecule has 1 heterocycles. The van der Waals surface area contributed by atoms with Crippen molar-refractivity contribution in [1.29, 1.82) is 0 Å². The number of halogens is 1. The maximum atomic E-state index is 11.8. The molecule has 19 heavy (non-hydrogen) atoms. The Bertz CT molecular complexity index is 525. The van der Waals surface area contributed by atoms with Gasteiger partial charge in [-0.1, -0.05) is 0 Å². The molecule has 1 saturated carbocycles.